The van der Waals surface area contributed by atoms with E-state index < -0.39 is 5.97 Å². The SMILES string of the molecule is CCOC(=O)c1cnn2c(-c3cccc(N4C(=O)c5ccccc5C4=O)c3)ccnc12. The van der Waals surface area contributed by atoms with Crippen LogP contribution in [0.1, 0.15) is 38.0 Å². The summed E-state index contributed by atoms with van der Waals surface area (Å²) in [5, 5.41) is 4.29. The molecule has 2 amide bonds. The maximum Gasteiger partial charge on any atom is 0.343 e. The summed E-state index contributed by atoms with van der Waals surface area (Å²) >= 11 is 0. The molecule has 0 atom stereocenters. The third-order valence-corrected chi connectivity index (χ3v) is 5.09. The molecule has 0 unspecified atom stereocenters. The largest absolute Gasteiger partial charge is 0.462 e. The Morgan fingerprint density at radius 2 is 1.74 bits per heavy atom. The van der Waals surface area contributed by atoms with Crippen LogP contribution < -0.4 is 4.90 Å². The van der Waals surface area contributed by atoms with Gasteiger partial charge in [0.1, 0.15) is 5.56 Å². The van der Waals surface area contributed by atoms with Gasteiger partial charge in [-0.15, -0.1) is 0 Å². The van der Waals surface area contributed by atoms with E-state index in [1.54, 1.807) is 61.7 Å². The fourth-order valence-corrected chi connectivity index (χ4v) is 3.69. The van der Waals surface area contributed by atoms with E-state index in [9.17, 15) is 14.4 Å². The van der Waals surface area contributed by atoms with Crippen LogP contribution in [0, 0.1) is 0 Å². The van der Waals surface area contributed by atoms with E-state index in [2.05, 4.69) is 10.1 Å². The van der Waals surface area contributed by atoms with Gasteiger partial charge in [-0.3, -0.25) is 9.59 Å². The second-order valence-electron chi connectivity index (χ2n) is 6.89. The van der Waals surface area contributed by atoms with Crippen molar-refractivity contribution < 1.29 is 19.1 Å². The highest BCUT2D eigenvalue weighted by Gasteiger charge is 2.36. The summed E-state index contributed by atoms with van der Waals surface area (Å²) in [6.45, 7) is 1.98. The van der Waals surface area contributed by atoms with Crippen molar-refractivity contribution in [2.24, 2.45) is 0 Å². The molecule has 152 valence electrons. The molecule has 0 aliphatic carbocycles. The van der Waals surface area contributed by atoms with Crippen molar-refractivity contribution in [3.63, 3.8) is 0 Å². The molecule has 31 heavy (non-hydrogen) atoms. The first-order valence-electron chi connectivity index (χ1n) is 9.68. The number of hydrogen-bond donors (Lipinski definition) is 0. The van der Waals surface area contributed by atoms with Crippen LogP contribution in [0.5, 0.6) is 0 Å². The van der Waals surface area contributed by atoms with Crippen LogP contribution in [0.3, 0.4) is 0 Å². The lowest BCUT2D eigenvalue weighted by molar-refractivity contribution is 0.0528. The number of carbonyl (C=O) groups is 3. The minimum absolute atomic E-state index is 0.248. The highest BCUT2D eigenvalue weighted by atomic mass is 16.5. The monoisotopic (exact) mass is 412 g/mol. The maximum absolute atomic E-state index is 12.8. The first-order chi connectivity index (χ1) is 15.1. The molecule has 0 spiro atoms. The number of ether oxygens (including phenoxy) is 1. The molecule has 0 N–H and O–H groups in total. The van der Waals surface area contributed by atoms with Gasteiger partial charge in [-0.2, -0.15) is 5.10 Å². The van der Waals surface area contributed by atoms with Gasteiger partial charge in [-0.05, 0) is 37.3 Å². The Bertz CT molecular complexity index is 1340. The van der Waals surface area contributed by atoms with Crippen molar-refractivity contribution in [2.45, 2.75) is 6.92 Å². The molecule has 0 radical (unpaired) electrons. The van der Waals surface area contributed by atoms with Gasteiger partial charge in [0.2, 0.25) is 0 Å². The molecule has 8 heteroatoms. The molecule has 0 saturated heterocycles. The number of carbonyl (C=O) groups excluding carboxylic acids is 3. The van der Waals surface area contributed by atoms with Crippen molar-refractivity contribution in [3.8, 4) is 11.3 Å². The van der Waals surface area contributed by atoms with Gasteiger partial charge in [-0.25, -0.2) is 19.2 Å². The smallest absolute Gasteiger partial charge is 0.343 e. The third-order valence-electron chi connectivity index (χ3n) is 5.09. The van der Waals surface area contributed by atoms with Gasteiger partial charge in [0.05, 0.1) is 35.3 Å². The van der Waals surface area contributed by atoms with Crippen molar-refractivity contribution in [2.75, 3.05) is 11.5 Å². The summed E-state index contributed by atoms with van der Waals surface area (Å²) in [5.74, 6) is -1.22. The number of hydrogen-bond acceptors (Lipinski definition) is 6. The summed E-state index contributed by atoms with van der Waals surface area (Å²) in [4.78, 5) is 43.3. The van der Waals surface area contributed by atoms with Crippen LogP contribution in [0.4, 0.5) is 5.69 Å². The molecule has 4 aromatic rings. The molecule has 1 aliphatic rings. The van der Waals surface area contributed by atoms with E-state index in [0.29, 0.717) is 33.7 Å². The minimum atomic E-state index is -0.498. The van der Waals surface area contributed by atoms with Crippen LogP contribution in [0.2, 0.25) is 0 Å². The molecule has 1 aliphatic heterocycles. The highest BCUT2D eigenvalue weighted by molar-refractivity contribution is 6.34. The average molecular weight is 412 g/mol. The van der Waals surface area contributed by atoms with Gasteiger partial charge in [-0.1, -0.05) is 24.3 Å². The van der Waals surface area contributed by atoms with E-state index >= 15 is 0 Å². The molecule has 0 bridgehead atoms. The van der Waals surface area contributed by atoms with E-state index in [4.69, 9.17) is 4.74 Å². The predicted molar refractivity (Wildman–Crippen MR) is 112 cm³/mol. The summed E-state index contributed by atoms with van der Waals surface area (Å²) in [7, 11) is 0. The van der Waals surface area contributed by atoms with Gasteiger partial charge in [0.15, 0.2) is 5.65 Å². The Balaban J connectivity index is 1.58. The van der Waals surface area contributed by atoms with E-state index in [0.717, 1.165) is 0 Å². The standard InChI is InChI=1S/C23H16N4O4/c1-2-31-23(30)18-13-25-27-19(10-11-24-20(18)27)14-6-5-7-15(12-14)26-21(28)16-8-3-4-9-17(16)22(26)29/h3-13H,2H2,1H3. The van der Waals surface area contributed by atoms with Crippen molar-refractivity contribution in [1.29, 1.82) is 0 Å². The zero-order chi connectivity index (χ0) is 21.5. The molecular weight excluding hydrogens is 396 g/mol. The molecule has 2 aromatic heterocycles. The molecule has 2 aromatic carbocycles. The first-order valence-corrected chi connectivity index (χ1v) is 9.68. The Labute approximate surface area is 176 Å². The number of benzene rings is 2. The topological polar surface area (TPSA) is 93.9 Å². The van der Waals surface area contributed by atoms with E-state index in [1.165, 1.54) is 15.6 Å². The number of fused-ring (bicyclic) bond motifs is 2. The van der Waals surface area contributed by atoms with Crippen molar-refractivity contribution >= 4 is 29.1 Å². The zero-order valence-electron chi connectivity index (χ0n) is 16.5. The van der Waals surface area contributed by atoms with Crippen LogP contribution in [-0.4, -0.2) is 39.0 Å². The summed E-state index contributed by atoms with van der Waals surface area (Å²) in [5.41, 5.74) is 3.21. The predicted octanol–water partition coefficient (Wildman–Crippen LogP) is 3.37. The summed E-state index contributed by atoms with van der Waals surface area (Å²) < 4.78 is 6.60. The fraction of sp³-hybridized carbons (Fsp3) is 0.0870. The van der Waals surface area contributed by atoms with Crippen molar-refractivity contribution in [3.05, 3.63) is 83.7 Å². The second-order valence-corrected chi connectivity index (χ2v) is 6.89. The number of amides is 2. The fourth-order valence-electron chi connectivity index (χ4n) is 3.69. The summed E-state index contributed by atoms with van der Waals surface area (Å²) in [6, 6.07) is 15.5. The van der Waals surface area contributed by atoms with Gasteiger partial charge < -0.3 is 4.74 Å². The van der Waals surface area contributed by atoms with Crippen LogP contribution in [0.15, 0.2) is 67.0 Å². The molecule has 0 fully saturated rings. The normalized spacial score (nSPS) is 13.0. The lowest BCUT2D eigenvalue weighted by Crippen LogP contribution is -2.29. The van der Waals surface area contributed by atoms with Gasteiger partial charge in [0, 0.05) is 11.8 Å². The summed E-state index contributed by atoms with van der Waals surface area (Å²) in [6.07, 6.45) is 2.99. The number of anilines is 1. The Kier molecular flexibility index (Phi) is 4.32. The lowest BCUT2D eigenvalue weighted by atomic mass is 10.1. The number of rotatable bonds is 4. The lowest BCUT2D eigenvalue weighted by Gasteiger charge is -2.15. The third kappa shape index (κ3) is 2.88. The highest BCUT2D eigenvalue weighted by Crippen LogP contribution is 2.31. The Morgan fingerprint density at radius 3 is 2.45 bits per heavy atom. The number of esters is 1. The van der Waals surface area contributed by atoms with Crippen LogP contribution >= 0.6 is 0 Å². The van der Waals surface area contributed by atoms with Crippen LogP contribution in [0.25, 0.3) is 16.9 Å². The molecule has 0 saturated carbocycles. The average Bonchev–Trinajstić information content (AvgIpc) is 3.34. The second kappa shape index (κ2) is 7.17. The van der Waals surface area contributed by atoms with Gasteiger partial charge in [0.25, 0.3) is 11.8 Å². The van der Waals surface area contributed by atoms with Crippen LogP contribution in [-0.2, 0) is 4.74 Å². The Hall–Kier alpha value is -4.33. The number of aromatic nitrogens is 3. The molecular formula is C23H16N4O4. The van der Waals surface area contributed by atoms with E-state index in [-0.39, 0.29) is 24.0 Å². The number of nitrogens with zero attached hydrogens (tertiary/aromatic N) is 4. The zero-order valence-corrected chi connectivity index (χ0v) is 16.5. The molecule has 3 heterocycles. The van der Waals surface area contributed by atoms with Crippen molar-refractivity contribution in [1.82, 2.24) is 14.6 Å². The van der Waals surface area contributed by atoms with E-state index in [1.807, 2.05) is 6.07 Å². The molecule has 5 rings (SSSR count). The maximum atomic E-state index is 12.8. The molecule has 8 nitrogen and oxygen atoms in total. The Morgan fingerprint density at radius 1 is 1.00 bits per heavy atom. The quantitative estimate of drug-likeness (QED) is 0.377. The minimum Gasteiger partial charge on any atom is -0.462 e. The number of imide groups is 1. The van der Waals surface area contributed by atoms with Gasteiger partial charge >= 0.3 is 5.97 Å². The first kappa shape index (κ1) is 18.7.